The van der Waals surface area contributed by atoms with Gasteiger partial charge in [0.1, 0.15) is 6.07 Å². The Labute approximate surface area is 125 Å². The molecular formula is C14H19N3O3S. The summed E-state index contributed by atoms with van der Waals surface area (Å²) in [6, 6.07) is 5.87. The molecule has 0 saturated carbocycles. The first kappa shape index (κ1) is 15.8. The van der Waals surface area contributed by atoms with Crippen LogP contribution in [0.25, 0.3) is 0 Å². The Morgan fingerprint density at radius 2 is 2.19 bits per heavy atom. The highest BCUT2D eigenvalue weighted by Gasteiger charge is 2.32. The number of hydrogen-bond acceptors (Lipinski definition) is 5. The lowest BCUT2D eigenvalue weighted by Gasteiger charge is -2.35. The van der Waals surface area contributed by atoms with Crippen LogP contribution in [0.2, 0.25) is 0 Å². The Kier molecular flexibility index (Phi) is 4.23. The van der Waals surface area contributed by atoms with Crippen LogP contribution in [0.3, 0.4) is 0 Å². The molecule has 1 aromatic rings. The largest absolute Gasteiger partial charge is 0.399 e. The highest BCUT2D eigenvalue weighted by atomic mass is 32.2. The zero-order chi connectivity index (χ0) is 15.7. The summed E-state index contributed by atoms with van der Waals surface area (Å²) in [5.41, 5.74) is 5.64. The van der Waals surface area contributed by atoms with Crippen molar-refractivity contribution in [3.05, 3.63) is 23.8 Å². The average molecular weight is 309 g/mol. The molecular weight excluding hydrogens is 290 g/mol. The summed E-state index contributed by atoms with van der Waals surface area (Å²) in [6.07, 6.45) is 1.20. The maximum absolute atomic E-state index is 12.5. The maximum atomic E-state index is 12.5. The zero-order valence-electron chi connectivity index (χ0n) is 12.1. The quantitative estimate of drug-likeness (QED) is 0.821. The summed E-state index contributed by atoms with van der Waals surface area (Å²) in [7, 11) is -3.75. The lowest BCUT2D eigenvalue weighted by Crippen LogP contribution is -2.45. The number of nitrogens with two attached hydrogens (primary N) is 1. The number of sulfonamides is 1. The second-order valence-electron chi connectivity index (χ2n) is 5.79. The van der Waals surface area contributed by atoms with Crippen LogP contribution in [-0.4, -0.2) is 26.7 Å². The molecule has 0 amide bonds. The van der Waals surface area contributed by atoms with Crippen LogP contribution in [0.5, 0.6) is 0 Å². The van der Waals surface area contributed by atoms with E-state index in [-0.39, 0.29) is 22.1 Å². The van der Waals surface area contributed by atoms with E-state index >= 15 is 0 Å². The van der Waals surface area contributed by atoms with Crippen molar-refractivity contribution in [1.82, 2.24) is 4.72 Å². The summed E-state index contributed by atoms with van der Waals surface area (Å²) in [5.74, 6) is 0. The number of nitrogen functional groups attached to an aromatic ring is 1. The van der Waals surface area contributed by atoms with E-state index in [0.717, 1.165) is 0 Å². The van der Waals surface area contributed by atoms with Crippen LogP contribution >= 0.6 is 0 Å². The summed E-state index contributed by atoms with van der Waals surface area (Å²) >= 11 is 0. The fourth-order valence-corrected chi connectivity index (χ4v) is 3.89. The van der Waals surface area contributed by atoms with Gasteiger partial charge in [-0.25, -0.2) is 13.1 Å². The van der Waals surface area contributed by atoms with Gasteiger partial charge in [0.25, 0.3) is 0 Å². The second-order valence-corrected chi connectivity index (χ2v) is 7.47. The minimum absolute atomic E-state index is 0.0384. The number of hydrogen-bond donors (Lipinski definition) is 2. The Bertz CT molecular complexity index is 677. The molecule has 2 rings (SSSR count). The van der Waals surface area contributed by atoms with Gasteiger partial charge in [0.15, 0.2) is 0 Å². The lowest BCUT2D eigenvalue weighted by atomic mass is 9.95. The van der Waals surface area contributed by atoms with Crippen LogP contribution in [0.4, 0.5) is 5.69 Å². The van der Waals surface area contributed by atoms with Gasteiger partial charge in [-0.3, -0.25) is 0 Å². The van der Waals surface area contributed by atoms with Gasteiger partial charge in [-0.1, -0.05) is 0 Å². The fourth-order valence-electron chi connectivity index (χ4n) is 2.48. The van der Waals surface area contributed by atoms with E-state index in [2.05, 4.69) is 4.72 Å². The van der Waals surface area contributed by atoms with Crippen LogP contribution in [0, 0.1) is 11.3 Å². The average Bonchev–Trinajstić information content (AvgIpc) is 2.36. The van der Waals surface area contributed by atoms with Crippen molar-refractivity contribution in [2.24, 2.45) is 0 Å². The van der Waals surface area contributed by atoms with Crippen molar-refractivity contribution in [1.29, 1.82) is 5.26 Å². The predicted molar refractivity (Wildman–Crippen MR) is 78.9 cm³/mol. The highest BCUT2D eigenvalue weighted by Crippen LogP contribution is 2.26. The van der Waals surface area contributed by atoms with Gasteiger partial charge in [-0.05, 0) is 44.9 Å². The molecule has 114 valence electrons. The normalized spacial score (nSPS) is 21.7. The summed E-state index contributed by atoms with van der Waals surface area (Å²) < 4.78 is 33.2. The third-order valence-corrected chi connectivity index (χ3v) is 5.01. The number of nitriles is 1. The minimum atomic E-state index is -3.75. The summed E-state index contributed by atoms with van der Waals surface area (Å²) in [6.45, 7) is 4.36. The molecule has 0 spiro atoms. The molecule has 0 radical (unpaired) electrons. The smallest absolute Gasteiger partial charge is 0.242 e. The molecule has 3 N–H and O–H groups in total. The van der Waals surface area contributed by atoms with Crippen molar-refractivity contribution < 1.29 is 13.2 Å². The molecule has 1 fully saturated rings. The van der Waals surface area contributed by atoms with E-state index in [1.54, 1.807) is 0 Å². The number of nitrogens with zero attached hydrogens (tertiary/aromatic N) is 1. The molecule has 1 saturated heterocycles. The molecule has 1 aromatic carbocycles. The van der Waals surface area contributed by atoms with Gasteiger partial charge in [0, 0.05) is 18.3 Å². The predicted octanol–water partition coefficient (Wildman–Crippen LogP) is 1.38. The van der Waals surface area contributed by atoms with Crippen molar-refractivity contribution in [2.45, 2.75) is 43.2 Å². The van der Waals surface area contributed by atoms with E-state index in [9.17, 15) is 8.42 Å². The first-order valence-electron chi connectivity index (χ1n) is 6.69. The Balaban J connectivity index is 2.25. The molecule has 0 bridgehead atoms. The number of ether oxygens (including phenoxy) is 1. The molecule has 1 aliphatic rings. The SMILES string of the molecule is CC1(C)CC(NS(=O)(=O)c2ccc(N)cc2C#N)CCO1. The first-order valence-corrected chi connectivity index (χ1v) is 8.18. The molecule has 6 nitrogen and oxygen atoms in total. The van der Waals surface area contributed by atoms with Gasteiger partial charge in [0.05, 0.1) is 16.1 Å². The van der Waals surface area contributed by atoms with Crippen LogP contribution in [0.1, 0.15) is 32.3 Å². The van der Waals surface area contributed by atoms with Gasteiger partial charge in [0.2, 0.25) is 10.0 Å². The van der Waals surface area contributed by atoms with Crippen molar-refractivity contribution in [3.8, 4) is 6.07 Å². The molecule has 0 aliphatic carbocycles. The highest BCUT2D eigenvalue weighted by molar-refractivity contribution is 7.89. The van der Waals surface area contributed by atoms with Crippen LogP contribution < -0.4 is 10.5 Å². The van der Waals surface area contributed by atoms with Crippen molar-refractivity contribution in [3.63, 3.8) is 0 Å². The Hall–Kier alpha value is -1.62. The fraction of sp³-hybridized carbons (Fsp3) is 0.500. The van der Waals surface area contributed by atoms with Crippen LogP contribution in [-0.2, 0) is 14.8 Å². The summed E-state index contributed by atoms with van der Waals surface area (Å²) in [5, 5.41) is 9.08. The third-order valence-electron chi connectivity index (χ3n) is 3.43. The van der Waals surface area contributed by atoms with Crippen LogP contribution in [0.15, 0.2) is 23.1 Å². The maximum Gasteiger partial charge on any atom is 0.242 e. The van der Waals surface area contributed by atoms with Crippen molar-refractivity contribution in [2.75, 3.05) is 12.3 Å². The van der Waals surface area contributed by atoms with Gasteiger partial charge >= 0.3 is 0 Å². The molecule has 1 unspecified atom stereocenters. The zero-order valence-corrected chi connectivity index (χ0v) is 12.9. The number of rotatable bonds is 3. The molecule has 1 atom stereocenters. The molecule has 1 heterocycles. The third kappa shape index (κ3) is 3.73. The van der Waals surface area contributed by atoms with E-state index in [0.29, 0.717) is 25.1 Å². The number of nitrogens with one attached hydrogen (secondary N) is 1. The topological polar surface area (TPSA) is 105 Å². The molecule has 21 heavy (non-hydrogen) atoms. The minimum Gasteiger partial charge on any atom is -0.399 e. The number of benzene rings is 1. The standard InChI is InChI=1S/C14H19N3O3S/c1-14(2)8-12(5-6-20-14)17-21(18,19)13-4-3-11(16)7-10(13)9-15/h3-4,7,12,17H,5-6,8,16H2,1-2H3. The molecule has 7 heteroatoms. The number of anilines is 1. The van der Waals surface area contributed by atoms with E-state index in [1.807, 2.05) is 19.9 Å². The monoisotopic (exact) mass is 309 g/mol. The van der Waals surface area contributed by atoms with E-state index < -0.39 is 10.0 Å². The lowest BCUT2D eigenvalue weighted by molar-refractivity contribution is -0.0599. The van der Waals surface area contributed by atoms with Crippen molar-refractivity contribution >= 4 is 15.7 Å². The molecule has 1 aliphatic heterocycles. The molecule has 0 aromatic heterocycles. The van der Waals surface area contributed by atoms with E-state index in [1.165, 1.54) is 18.2 Å². The van der Waals surface area contributed by atoms with Gasteiger partial charge in [-0.15, -0.1) is 0 Å². The second kappa shape index (κ2) is 5.64. The Morgan fingerprint density at radius 3 is 2.81 bits per heavy atom. The van der Waals surface area contributed by atoms with Gasteiger partial charge < -0.3 is 10.5 Å². The summed E-state index contributed by atoms with van der Waals surface area (Å²) in [4.78, 5) is -0.0384. The van der Waals surface area contributed by atoms with E-state index in [4.69, 9.17) is 15.7 Å². The Morgan fingerprint density at radius 1 is 1.48 bits per heavy atom. The van der Waals surface area contributed by atoms with Gasteiger partial charge in [-0.2, -0.15) is 5.26 Å². The first-order chi connectivity index (χ1) is 9.73.